The van der Waals surface area contributed by atoms with Crippen LogP contribution in [0.2, 0.25) is 0 Å². The van der Waals surface area contributed by atoms with Crippen LogP contribution in [0.4, 0.5) is 0 Å². The monoisotopic (exact) mass is 214 g/mol. The first-order chi connectivity index (χ1) is 7.06. The maximum Gasteiger partial charge on any atom is 0.225 e. The van der Waals surface area contributed by atoms with E-state index < -0.39 is 0 Å². The summed E-state index contributed by atoms with van der Waals surface area (Å²) in [7, 11) is 1.74. The molecule has 1 rings (SSSR count). The smallest absolute Gasteiger partial charge is 0.225 e. The molecule has 1 fully saturated rings. The number of carbonyl (C=O) groups is 1. The normalized spacial score (nSPS) is 31.3. The van der Waals surface area contributed by atoms with E-state index in [1.807, 2.05) is 0 Å². The minimum atomic E-state index is 0.0252. The van der Waals surface area contributed by atoms with Gasteiger partial charge in [-0.3, -0.25) is 4.79 Å². The summed E-state index contributed by atoms with van der Waals surface area (Å²) in [5, 5.41) is 8.76. The van der Waals surface area contributed by atoms with Crippen LogP contribution in [0.3, 0.4) is 0 Å². The van der Waals surface area contributed by atoms with Crippen molar-refractivity contribution in [3.63, 3.8) is 0 Å². The molecule has 0 aliphatic heterocycles. The maximum atomic E-state index is 11.9. The van der Waals surface area contributed by atoms with Gasteiger partial charge in [-0.15, -0.1) is 0 Å². The molecule has 1 amide bonds. The highest BCUT2D eigenvalue weighted by Gasteiger charge is 2.30. The van der Waals surface area contributed by atoms with E-state index in [0.717, 1.165) is 19.3 Å². The van der Waals surface area contributed by atoms with E-state index in [2.05, 4.69) is 6.92 Å². The zero-order valence-electron chi connectivity index (χ0n) is 9.65. The van der Waals surface area contributed by atoms with E-state index in [1.165, 1.54) is 0 Å². The molecule has 0 heterocycles. The number of nitrogens with zero attached hydrogens (tertiary/aromatic N) is 1. The van der Waals surface area contributed by atoms with Gasteiger partial charge in [-0.25, -0.2) is 0 Å². The van der Waals surface area contributed by atoms with Crippen LogP contribution in [0.1, 0.15) is 26.2 Å². The molecule has 0 radical (unpaired) electrons. The third-order valence-corrected chi connectivity index (χ3v) is 3.42. The second kappa shape index (κ2) is 5.47. The van der Waals surface area contributed by atoms with Crippen molar-refractivity contribution in [3.8, 4) is 0 Å². The van der Waals surface area contributed by atoms with Crippen molar-refractivity contribution in [2.75, 3.05) is 20.2 Å². The molecule has 4 nitrogen and oxygen atoms in total. The lowest BCUT2D eigenvalue weighted by atomic mass is 9.79. The highest BCUT2D eigenvalue weighted by Crippen LogP contribution is 2.28. The second-order valence-electron chi connectivity index (χ2n) is 4.63. The summed E-state index contributed by atoms with van der Waals surface area (Å²) in [6.07, 6.45) is 2.75. The van der Waals surface area contributed by atoms with E-state index in [-0.39, 0.29) is 24.5 Å². The third-order valence-electron chi connectivity index (χ3n) is 3.42. The molecular formula is C11H22N2O2. The zero-order chi connectivity index (χ0) is 11.4. The molecule has 1 saturated carbocycles. The second-order valence-corrected chi connectivity index (χ2v) is 4.63. The maximum absolute atomic E-state index is 11.9. The Bertz CT molecular complexity index is 221. The van der Waals surface area contributed by atoms with Gasteiger partial charge in [-0.2, -0.15) is 0 Å². The molecule has 0 saturated heterocycles. The first-order valence-corrected chi connectivity index (χ1v) is 5.67. The van der Waals surface area contributed by atoms with E-state index in [0.29, 0.717) is 12.5 Å². The summed E-state index contributed by atoms with van der Waals surface area (Å²) in [4.78, 5) is 13.5. The Morgan fingerprint density at radius 1 is 1.53 bits per heavy atom. The van der Waals surface area contributed by atoms with Gasteiger partial charge in [0.2, 0.25) is 5.91 Å². The molecule has 3 atom stereocenters. The molecular weight excluding hydrogens is 192 g/mol. The van der Waals surface area contributed by atoms with E-state index in [9.17, 15) is 4.79 Å². The number of carbonyl (C=O) groups excluding carboxylic acids is 1. The fraction of sp³-hybridized carbons (Fsp3) is 0.909. The first-order valence-electron chi connectivity index (χ1n) is 5.67. The Hall–Kier alpha value is -0.610. The van der Waals surface area contributed by atoms with Gasteiger partial charge in [0.15, 0.2) is 0 Å². The molecule has 1 aliphatic carbocycles. The zero-order valence-corrected chi connectivity index (χ0v) is 9.65. The number of aliphatic hydroxyl groups excluding tert-OH is 1. The number of rotatable bonds is 3. The summed E-state index contributed by atoms with van der Waals surface area (Å²) in [6, 6.07) is 0.148. The Kier molecular flexibility index (Phi) is 4.54. The van der Waals surface area contributed by atoms with Gasteiger partial charge in [0.05, 0.1) is 6.61 Å². The average Bonchev–Trinajstić information content (AvgIpc) is 2.21. The van der Waals surface area contributed by atoms with Crippen molar-refractivity contribution in [1.29, 1.82) is 0 Å². The Morgan fingerprint density at radius 2 is 2.20 bits per heavy atom. The molecule has 0 spiro atoms. The molecule has 4 heteroatoms. The number of hydrogen-bond acceptors (Lipinski definition) is 3. The van der Waals surface area contributed by atoms with Crippen molar-refractivity contribution in [2.45, 2.75) is 32.2 Å². The minimum Gasteiger partial charge on any atom is -0.395 e. The van der Waals surface area contributed by atoms with Crippen LogP contribution in [-0.4, -0.2) is 42.2 Å². The summed E-state index contributed by atoms with van der Waals surface area (Å²) in [5.74, 6) is 0.719. The van der Waals surface area contributed by atoms with Gasteiger partial charge < -0.3 is 15.7 Å². The number of nitrogens with two attached hydrogens (primary N) is 1. The molecule has 1 aliphatic rings. The highest BCUT2D eigenvalue weighted by atomic mass is 16.3. The van der Waals surface area contributed by atoms with Gasteiger partial charge in [0.25, 0.3) is 0 Å². The van der Waals surface area contributed by atoms with Crippen LogP contribution in [0.5, 0.6) is 0 Å². The van der Waals surface area contributed by atoms with Crippen molar-refractivity contribution in [3.05, 3.63) is 0 Å². The van der Waals surface area contributed by atoms with Crippen LogP contribution in [0, 0.1) is 11.8 Å². The highest BCUT2D eigenvalue weighted by molar-refractivity contribution is 5.78. The molecule has 0 aromatic heterocycles. The lowest BCUT2D eigenvalue weighted by molar-refractivity contribution is -0.136. The molecule has 15 heavy (non-hydrogen) atoms. The Labute approximate surface area is 91.4 Å². The summed E-state index contributed by atoms with van der Waals surface area (Å²) in [5.41, 5.74) is 5.96. The molecule has 3 unspecified atom stereocenters. The first kappa shape index (κ1) is 12.5. The lowest BCUT2D eigenvalue weighted by Gasteiger charge is -2.33. The Balaban J connectivity index is 2.47. The van der Waals surface area contributed by atoms with Gasteiger partial charge >= 0.3 is 0 Å². The van der Waals surface area contributed by atoms with Crippen LogP contribution in [0.15, 0.2) is 0 Å². The largest absolute Gasteiger partial charge is 0.395 e. The molecule has 0 aromatic carbocycles. The Morgan fingerprint density at radius 3 is 2.73 bits per heavy atom. The lowest BCUT2D eigenvalue weighted by Crippen LogP contribution is -2.42. The van der Waals surface area contributed by atoms with Gasteiger partial charge in [0.1, 0.15) is 0 Å². The quantitative estimate of drug-likeness (QED) is 0.705. The molecule has 3 N–H and O–H groups in total. The van der Waals surface area contributed by atoms with Gasteiger partial charge in [-0.05, 0) is 25.2 Å². The SMILES string of the molecule is CC1CCC(C(=O)N(C)CCO)CC1N. The number of amides is 1. The van der Waals surface area contributed by atoms with E-state index in [4.69, 9.17) is 10.8 Å². The minimum absolute atomic E-state index is 0.0252. The van der Waals surface area contributed by atoms with Crippen molar-refractivity contribution in [2.24, 2.45) is 17.6 Å². The average molecular weight is 214 g/mol. The third kappa shape index (κ3) is 3.18. The fourth-order valence-electron chi connectivity index (χ4n) is 2.15. The van der Waals surface area contributed by atoms with Gasteiger partial charge in [0, 0.05) is 25.6 Å². The van der Waals surface area contributed by atoms with Crippen LogP contribution in [-0.2, 0) is 4.79 Å². The van der Waals surface area contributed by atoms with Gasteiger partial charge in [-0.1, -0.05) is 6.92 Å². The predicted molar refractivity (Wildman–Crippen MR) is 59.2 cm³/mol. The summed E-state index contributed by atoms with van der Waals surface area (Å²) >= 11 is 0. The van der Waals surface area contributed by atoms with Crippen molar-refractivity contribution in [1.82, 2.24) is 4.90 Å². The van der Waals surface area contributed by atoms with Crippen molar-refractivity contribution < 1.29 is 9.90 Å². The van der Waals surface area contributed by atoms with E-state index in [1.54, 1.807) is 11.9 Å². The van der Waals surface area contributed by atoms with Crippen LogP contribution >= 0.6 is 0 Å². The van der Waals surface area contributed by atoms with Crippen molar-refractivity contribution >= 4 is 5.91 Å². The number of aliphatic hydroxyl groups is 1. The number of likely N-dealkylation sites (N-methyl/N-ethyl adjacent to an activating group) is 1. The standard InChI is InChI=1S/C11H22N2O2/c1-8-3-4-9(7-10(8)12)11(15)13(2)5-6-14/h8-10,14H,3-7,12H2,1-2H3. The molecule has 0 aromatic rings. The van der Waals surface area contributed by atoms with Crippen LogP contribution in [0.25, 0.3) is 0 Å². The summed E-state index contributed by atoms with van der Waals surface area (Å²) < 4.78 is 0. The topological polar surface area (TPSA) is 66.6 Å². The molecule has 0 bridgehead atoms. The fourth-order valence-corrected chi connectivity index (χ4v) is 2.15. The molecule has 88 valence electrons. The van der Waals surface area contributed by atoms with E-state index >= 15 is 0 Å². The number of hydrogen-bond donors (Lipinski definition) is 2. The summed E-state index contributed by atoms with van der Waals surface area (Å²) in [6.45, 7) is 2.58. The van der Waals surface area contributed by atoms with Crippen LogP contribution < -0.4 is 5.73 Å². The predicted octanol–water partition coefficient (Wildman–Crippen LogP) is 0.201.